The molecule has 2 nitrogen and oxygen atoms in total. The fourth-order valence-corrected chi connectivity index (χ4v) is 2.47. The van der Waals surface area contributed by atoms with E-state index in [0.29, 0.717) is 17.2 Å². The van der Waals surface area contributed by atoms with Crippen molar-refractivity contribution in [3.63, 3.8) is 0 Å². The average Bonchev–Trinajstić information content (AvgIpc) is 2.89. The monoisotopic (exact) mass is 286 g/mol. The highest BCUT2D eigenvalue weighted by molar-refractivity contribution is 6.31. The summed E-state index contributed by atoms with van der Waals surface area (Å²) in [4.78, 5) is 0. The van der Waals surface area contributed by atoms with Crippen molar-refractivity contribution < 1.29 is 9.52 Å². The van der Waals surface area contributed by atoms with E-state index in [1.54, 1.807) is 6.07 Å². The maximum Gasteiger partial charge on any atom is 0.134 e. The second-order valence-electron chi connectivity index (χ2n) is 4.87. The summed E-state index contributed by atoms with van der Waals surface area (Å²) >= 11 is 5.94. The Morgan fingerprint density at radius 3 is 2.65 bits per heavy atom. The fourth-order valence-electron chi connectivity index (χ4n) is 2.29. The van der Waals surface area contributed by atoms with Crippen LogP contribution >= 0.6 is 11.6 Å². The fraction of sp³-hybridized carbons (Fsp3) is 0.176. The number of hydrogen-bond donors (Lipinski definition) is 1. The van der Waals surface area contributed by atoms with E-state index >= 15 is 0 Å². The number of aliphatic hydroxyl groups excluding tert-OH is 1. The molecule has 0 aliphatic rings. The SMILES string of the molecule is OC(CCc1ccccc1)c1cc2cc(Cl)ccc2o1. The number of rotatable bonds is 4. The molecule has 20 heavy (non-hydrogen) atoms. The van der Waals surface area contributed by atoms with E-state index in [1.165, 1.54) is 5.56 Å². The van der Waals surface area contributed by atoms with Crippen LogP contribution in [0.4, 0.5) is 0 Å². The molecule has 0 aliphatic carbocycles. The molecule has 102 valence electrons. The highest BCUT2D eigenvalue weighted by Crippen LogP contribution is 2.28. The Bertz CT molecular complexity index is 703. The maximum atomic E-state index is 10.2. The van der Waals surface area contributed by atoms with Crippen LogP contribution in [0.1, 0.15) is 23.8 Å². The van der Waals surface area contributed by atoms with E-state index in [1.807, 2.05) is 36.4 Å². The summed E-state index contributed by atoms with van der Waals surface area (Å²) in [6.07, 6.45) is 0.860. The minimum Gasteiger partial charge on any atom is -0.458 e. The summed E-state index contributed by atoms with van der Waals surface area (Å²) in [6.45, 7) is 0. The van der Waals surface area contributed by atoms with E-state index in [4.69, 9.17) is 16.0 Å². The van der Waals surface area contributed by atoms with Gasteiger partial charge in [0.05, 0.1) is 0 Å². The molecule has 0 radical (unpaired) electrons. The first-order valence-corrected chi connectivity index (χ1v) is 7.01. The van der Waals surface area contributed by atoms with Crippen molar-refractivity contribution in [1.29, 1.82) is 0 Å². The Hall–Kier alpha value is -1.77. The van der Waals surface area contributed by atoms with Gasteiger partial charge in [0.15, 0.2) is 0 Å². The Kier molecular flexibility index (Phi) is 3.77. The summed E-state index contributed by atoms with van der Waals surface area (Å²) < 4.78 is 5.66. The largest absolute Gasteiger partial charge is 0.458 e. The summed E-state index contributed by atoms with van der Waals surface area (Å²) in [5.41, 5.74) is 1.97. The third-order valence-electron chi connectivity index (χ3n) is 3.38. The van der Waals surface area contributed by atoms with Gasteiger partial charge in [0.1, 0.15) is 17.4 Å². The number of furan rings is 1. The molecule has 0 fully saturated rings. The number of halogens is 1. The van der Waals surface area contributed by atoms with Crippen molar-refractivity contribution in [3.05, 3.63) is 70.9 Å². The summed E-state index contributed by atoms with van der Waals surface area (Å²) in [7, 11) is 0. The summed E-state index contributed by atoms with van der Waals surface area (Å²) in [5, 5.41) is 11.8. The lowest BCUT2D eigenvalue weighted by molar-refractivity contribution is 0.143. The zero-order valence-corrected chi connectivity index (χ0v) is 11.7. The molecule has 2 aromatic carbocycles. The minimum atomic E-state index is -0.596. The van der Waals surface area contributed by atoms with Gasteiger partial charge in [-0.1, -0.05) is 41.9 Å². The first-order chi connectivity index (χ1) is 9.72. The molecule has 1 heterocycles. The lowest BCUT2D eigenvalue weighted by Crippen LogP contribution is -1.97. The van der Waals surface area contributed by atoms with Crippen LogP contribution < -0.4 is 0 Å². The Balaban J connectivity index is 1.73. The predicted octanol–water partition coefficient (Wildman–Crippen LogP) is 4.75. The van der Waals surface area contributed by atoms with Crippen LogP contribution in [-0.2, 0) is 6.42 Å². The third-order valence-corrected chi connectivity index (χ3v) is 3.61. The zero-order valence-electron chi connectivity index (χ0n) is 10.9. The summed E-state index contributed by atoms with van der Waals surface area (Å²) in [5.74, 6) is 0.596. The van der Waals surface area contributed by atoms with Crippen molar-refractivity contribution in [2.45, 2.75) is 18.9 Å². The van der Waals surface area contributed by atoms with E-state index < -0.39 is 6.10 Å². The van der Waals surface area contributed by atoms with E-state index in [-0.39, 0.29) is 0 Å². The second-order valence-corrected chi connectivity index (χ2v) is 5.31. The smallest absolute Gasteiger partial charge is 0.134 e. The lowest BCUT2D eigenvalue weighted by Gasteiger charge is -2.07. The van der Waals surface area contributed by atoms with Gasteiger partial charge in [-0.2, -0.15) is 0 Å². The van der Waals surface area contributed by atoms with Crippen LogP contribution in [0.25, 0.3) is 11.0 Å². The van der Waals surface area contributed by atoms with Crippen molar-refractivity contribution >= 4 is 22.6 Å². The molecule has 3 aromatic rings. The first-order valence-electron chi connectivity index (χ1n) is 6.63. The van der Waals surface area contributed by atoms with Gasteiger partial charge in [-0.25, -0.2) is 0 Å². The topological polar surface area (TPSA) is 33.4 Å². The maximum absolute atomic E-state index is 10.2. The Morgan fingerprint density at radius 1 is 1.05 bits per heavy atom. The van der Waals surface area contributed by atoms with E-state index in [0.717, 1.165) is 17.4 Å². The van der Waals surface area contributed by atoms with Crippen LogP contribution in [0.5, 0.6) is 0 Å². The molecule has 0 aliphatic heterocycles. The molecule has 0 saturated heterocycles. The standard InChI is InChI=1S/C17H15ClO2/c18-14-7-9-16-13(10-14)11-17(20-16)15(19)8-6-12-4-2-1-3-5-12/h1-5,7,9-11,15,19H,6,8H2. The zero-order chi connectivity index (χ0) is 13.9. The molecule has 0 spiro atoms. The van der Waals surface area contributed by atoms with Crippen LogP contribution in [0.2, 0.25) is 5.02 Å². The van der Waals surface area contributed by atoms with Gasteiger partial charge in [-0.05, 0) is 42.7 Å². The van der Waals surface area contributed by atoms with E-state index in [2.05, 4.69) is 12.1 Å². The first kappa shape index (κ1) is 13.2. The van der Waals surface area contributed by atoms with Crippen molar-refractivity contribution in [2.75, 3.05) is 0 Å². The van der Waals surface area contributed by atoms with Gasteiger partial charge in [0.2, 0.25) is 0 Å². The highest BCUT2D eigenvalue weighted by Gasteiger charge is 2.13. The van der Waals surface area contributed by atoms with E-state index in [9.17, 15) is 5.11 Å². The normalized spacial score (nSPS) is 12.7. The van der Waals surface area contributed by atoms with Crippen LogP contribution in [0.3, 0.4) is 0 Å². The molecule has 1 N–H and O–H groups in total. The molecule has 1 unspecified atom stereocenters. The Morgan fingerprint density at radius 2 is 1.85 bits per heavy atom. The van der Waals surface area contributed by atoms with Gasteiger partial charge in [0, 0.05) is 10.4 Å². The number of fused-ring (bicyclic) bond motifs is 1. The predicted molar refractivity (Wildman–Crippen MR) is 80.9 cm³/mol. The van der Waals surface area contributed by atoms with Gasteiger partial charge >= 0.3 is 0 Å². The molecular weight excluding hydrogens is 272 g/mol. The van der Waals surface area contributed by atoms with Crippen LogP contribution in [0, 0.1) is 0 Å². The molecular formula is C17H15ClO2. The average molecular weight is 287 g/mol. The number of benzene rings is 2. The third kappa shape index (κ3) is 2.87. The van der Waals surface area contributed by atoms with Gasteiger partial charge in [-0.3, -0.25) is 0 Å². The molecule has 3 heteroatoms. The lowest BCUT2D eigenvalue weighted by atomic mass is 10.1. The van der Waals surface area contributed by atoms with Crippen molar-refractivity contribution in [3.8, 4) is 0 Å². The van der Waals surface area contributed by atoms with Gasteiger partial charge in [-0.15, -0.1) is 0 Å². The Labute approximate surface area is 122 Å². The highest BCUT2D eigenvalue weighted by atomic mass is 35.5. The van der Waals surface area contributed by atoms with Gasteiger partial charge in [0.25, 0.3) is 0 Å². The van der Waals surface area contributed by atoms with Crippen molar-refractivity contribution in [2.24, 2.45) is 0 Å². The molecule has 1 aromatic heterocycles. The number of hydrogen-bond acceptors (Lipinski definition) is 2. The molecule has 0 bridgehead atoms. The number of aryl methyl sites for hydroxylation is 1. The quantitative estimate of drug-likeness (QED) is 0.750. The van der Waals surface area contributed by atoms with Gasteiger partial charge < -0.3 is 9.52 Å². The summed E-state index contributed by atoms with van der Waals surface area (Å²) in [6, 6.07) is 17.4. The van der Waals surface area contributed by atoms with Crippen LogP contribution in [0.15, 0.2) is 59.0 Å². The minimum absolute atomic E-state index is 0.596. The second kappa shape index (κ2) is 5.70. The molecule has 0 amide bonds. The number of aliphatic hydroxyl groups is 1. The van der Waals surface area contributed by atoms with Crippen molar-refractivity contribution in [1.82, 2.24) is 0 Å². The van der Waals surface area contributed by atoms with Crippen LogP contribution in [-0.4, -0.2) is 5.11 Å². The molecule has 0 saturated carbocycles. The molecule has 1 atom stereocenters. The molecule has 3 rings (SSSR count).